The maximum Gasteiger partial charge on any atom is 0.256 e. The van der Waals surface area contributed by atoms with Crippen LogP contribution in [0.5, 0.6) is 0 Å². The molecule has 0 unspecified atom stereocenters. The highest BCUT2D eigenvalue weighted by atomic mass is 79.9. The lowest BCUT2D eigenvalue weighted by Gasteiger charge is -2.17. The van der Waals surface area contributed by atoms with E-state index in [1.807, 2.05) is 23.1 Å². The molecule has 0 bridgehead atoms. The number of hydrogen-bond acceptors (Lipinski definition) is 2. The molecule has 2 heterocycles. The summed E-state index contributed by atoms with van der Waals surface area (Å²) in [5.41, 5.74) is 3.97. The van der Waals surface area contributed by atoms with Crippen molar-refractivity contribution in [3.8, 4) is 0 Å². The number of hydrogen-bond donors (Lipinski definition) is 0. The molecular formula is C15H13BrN2O. The lowest BCUT2D eigenvalue weighted by Crippen LogP contribution is -2.23. The van der Waals surface area contributed by atoms with Crippen LogP contribution >= 0.6 is 15.9 Å². The van der Waals surface area contributed by atoms with Gasteiger partial charge in [-0.15, -0.1) is 0 Å². The molecule has 4 heteroatoms. The Morgan fingerprint density at radius 1 is 1.37 bits per heavy atom. The smallest absolute Gasteiger partial charge is 0.256 e. The highest BCUT2D eigenvalue weighted by Gasteiger charge is 2.28. The molecule has 0 saturated heterocycles. The number of fused-ring (bicyclic) bond motifs is 1. The maximum atomic E-state index is 12.3. The fraction of sp³-hybridized carbons (Fsp3) is 0.200. The molecule has 1 aromatic carbocycles. The van der Waals surface area contributed by atoms with Crippen LogP contribution in [0.3, 0.4) is 0 Å². The van der Waals surface area contributed by atoms with E-state index in [4.69, 9.17) is 0 Å². The van der Waals surface area contributed by atoms with Gasteiger partial charge in [0.15, 0.2) is 0 Å². The van der Waals surface area contributed by atoms with Gasteiger partial charge in [-0.1, -0.05) is 22.0 Å². The number of rotatable bonds is 2. The molecule has 1 aliphatic rings. The Bertz CT molecular complexity index is 654. The molecule has 0 saturated carbocycles. The number of carbonyl (C=O) groups excluding carboxylic acids is 1. The van der Waals surface area contributed by atoms with Crippen molar-refractivity contribution >= 4 is 21.8 Å². The van der Waals surface area contributed by atoms with Gasteiger partial charge in [0.2, 0.25) is 0 Å². The minimum absolute atomic E-state index is 0.0745. The third-order valence-corrected chi connectivity index (χ3v) is 3.91. The van der Waals surface area contributed by atoms with Crippen LogP contribution in [-0.2, 0) is 13.1 Å². The average molecular weight is 317 g/mol. The number of carbonyl (C=O) groups is 1. The number of benzene rings is 1. The Kier molecular flexibility index (Phi) is 3.11. The Morgan fingerprint density at radius 3 is 2.95 bits per heavy atom. The number of aryl methyl sites for hydroxylation is 1. The number of aromatic nitrogens is 1. The molecule has 1 aromatic heterocycles. The van der Waals surface area contributed by atoms with E-state index in [1.165, 1.54) is 11.1 Å². The quantitative estimate of drug-likeness (QED) is 0.851. The van der Waals surface area contributed by atoms with Crippen LogP contribution in [0.2, 0.25) is 0 Å². The van der Waals surface area contributed by atoms with E-state index in [2.05, 4.69) is 40.0 Å². The van der Waals surface area contributed by atoms with Gasteiger partial charge in [0, 0.05) is 17.2 Å². The number of halogens is 1. The molecule has 1 aliphatic heterocycles. The first-order chi connectivity index (χ1) is 9.15. The number of amides is 1. The standard InChI is InChI=1S/C15H13BrN2O/c1-10-7-12(16)5-4-11(10)8-18-9-14-13(15(18)19)3-2-6-17-14/h2-7H,8-9H2,1H3. The molecule has 19 heavy (non-hydrogen) atoms. The Labute approximate surface area is 120 Å². The summed E-state index contributed by atoms with van der Waals surface area (Å²) in [6, 6.07) is 9.79. The van der Waals surface area contributed by atoms with Gasteiger partial charge in [-0.05, 0) is 42.3 Å². The van der Waals surface area contributed by atoms with Crippen LogP contribution in [0.1, 0.15) is 27.2 Å². The first kappa shape index (κ1) is 12.4. The van der Waals surface area contributed by atoms with Crippen LogP contribution in [0.15, 0.2) is 41.0 Å². The Morgan fingerprint density at radius 2 is 2.21 bits per heavy atom. The largest absolute Gasteiger partial charge is 0.328 e. The third kappa shape index (κ3) is 2.28. The first-order valence-corrected chi connectivity index (χ1v) is 6.92. The summed E-state index contributed by atoms with van der Waals surface area (Å²) < 4.78 is 1.06. The molecule has 0 atom stereocenters. The zero-order chi connectivity index (χ0) is 13.4. The molecule has 2 aromatic rings. The van der Waals surface area contributed by atoms with E-state index in [0.29, 0.717) is 13.1 Å². The summed E-state index contributed by atoms with van der Waals surface area (Å²) in [6.07, 6.45) is 1.74. The monoisotopic (exact) mass is 316 g/mol. The predicted molar refractivity (Wildman–Crippen MR) is 76.7 cm³/mol. The molecule has 0 N–H and O–H groups in total. The van der Waals surface area contributed by atoms with Crippen LogP contribution in [0.4, 0.5) is 0 Å². The third-order valence-electron chi connectivity index (χ3n) is 3.41. The molecule has 96 valence electrons. The van der Waals surface area contributed by atoms with Gasteiger partial charge in [-0.25, -0.2) is 0 Å². The fourth-order valence-corrected chi connectivity index (χ4v) is 2.83. The molecule has 1 amide bonds. The summed E-state index contributed by atoms with van der Waals surface area (Å²) in [4.78, 5) is 18.4. The van der Waals surface area contributed by atoms with E-state index in [1.54, 1.807) is 6.20 Å². The lowest BCUT2D eigenvalue weighted by atomic mass is 10.1. The highest BCUT2D eigenvalue weighted by molar-refractivity contribution is 9.10. The van der Waals surface area contributed by atoms with Gasteiger partial charge in [0.1, 0.15) is 0 Å². The van der Waals surface area contributed by atoms with Crippen molar-refractivity contribution < 1.29 is 4.79 Å². The average Bonchev–Trinajstić information content (AvgIpc) is 2.70. The second kappa shape index (κ2) is 4.78. The second-order valence-electron chi connectivity index (χ2n) is 4.73. The van der Waals surface area contributed by atoms with E-state index < -0.39 is 0 Å². The van der Waals surface area contributed by atoms with Crippen molar-refractivity contribution in [3.63, 3.8) is 0 Å². The first-order valence-electron chi connectivity index (χ1n) is 6.13. The summed E-state index contributed by atoms with van der Waals surface area (Å²) in [7, 11) is 0. The van der Waals surface area contributed by atoms with Gasteiger partial charge in [-0.3, -0.25) is 9.78 Å². The number of pyridine rings is 1. The van der Waals surface area contributed by atoms with E-state index >= 15 is 0 Å². The van der Waals surface area contributed by atoms with E-state index in [9.17, 15) is 4.79 Å². The molecule has 0 aliphatic carbocycles. The van der Waals surface area contributed by atoms with Crippen molar-refractivity contribution in [1.29, 1.82) is 0 Å². The minimum atomic E-state index is 0.0745. The topological polar surface area (TPSA) is 33.2 Å². The summed E-state index contributed by atoms with van der Waals surface area (Å²) in [6.45, 7) is 3.30. The van der Waals surface area contributed by atoms with Crippen molar-refractivity contribution in [2.24, 2.45) is 0 Å². The minimum Gasteiger partial charge on any atom is -0.328 e. The van der Waals surface area contributed by atoms with Crippen molar-refractivity contribution in [3.05, 3.63) is 63.4 Å². The molecule has 3 nitrogen and oxygen atoms in total. The van der Waals surface area contributed by atoms with Gasteiger partial charge in [0.05, 0.1) is 17.8 Å². The maximum absolute atomic E-state index is 12.3. The number of nitrogens with zero attached hydrogens (tertiary/aromatic N) is 2. The summed E-state index contributed by atoms with van der Waals surface area (Å²) >= 11 is 3.45. The summed E-state index contributed by atoms with van der Waals surface area (Å²) in [5.74, 6) is 0.0745. The van der Waals surface area contributed by atoms with Crippen LogP contribution < -0.4 is 0 Å². The molecule has 0 radical (unpaired) electrons. The zero-order valence-electron chi connectivity index (χ0n) is 10.6. The summed E-state index contributed by atoms with van der Waals surface area (Å²) in [5, 5.41) is 0. The van der Waals surface area contributed by atoms with Gasteiger partial charge < -0.3 is 4.90 Å². The van der Waals surface area contributed by atoms with E-state index in [0.717, 1.165) is 15.7 Å². The fourth-order valence-electron chi connectivity index (χ4n) is 2.35. The van der Waals surface area contributed by atoms with Crippen LogP contribution in [0.25, 0.3) is 0 Å². The van der Waals surface area contributed by atoms with Gasteiger partial charge in [-0.2, -0.15) is 0 Å². The molecule has 3 rings (SSSR count). The Balaban J connectivity index is 1.85. The molecule has 0 spiro atoms. The second-order valence-corrected chi connectivity index (χ2v) is 5.65. The molecular weight excluding hydrogens is 304 g/mol. The van der Waals surface area contributed by atoms with Gasteiger partial charge in [0.25, 0.3) is 5.91 Å². The van der Waals surface area contributed by atoms with Crippen molar-refractivity contribution in [2.75, 3.05) is 0 Å². The van der Waals surface area contributed by atoms with Crippen molar-refractivity contribution in [2.45, 2.75) is 20.0 Å². The SMILES string of the molecule is Cc1cc(Br)ccc1CN1Cc2ncccc2C1=O. The zero-order valence-corrected chi connectivity index (χ0v) is 12.1. The van der Waals surface area contributed by atoms with Crippen LogP contribution in [0, 0.1) is 6.92 Å². The molecule has 0 fully saturated rings. The Hall–Kier alpha value is -1.68. The predicted octanol–water partition coefficient (Wildman–Crippen LogP) is 3.31. The normalized spacial score (nSPS) is 13.8. The van der Waals surface area contributed by atoms with Gasteiger partial charge >= 0.3 is 0 Å². The highest BCUT2D eigenvalue weighted by Crippen LogP contribution is 2.24. The lowest BCUT2D eigenvalue weighted by molar-refractivity contribution is 0.0766. The van der Waals surface area contributed by atoms with E-state index in [-0.39, 0.29) is 5.91 Å². The van der Waals surface area contributed by atoms with Crippen molar-refractivity contribution in [1.82, 2.24) is 9.88 Å². The van der Waals surface area contributed by atoms with Crippen LogP contribution in [-0.4, -0.2) is 15.8 Å².